The van der Waals surface area contributed by atoms with Crippen LogP contribution in [0.1, 0.15) is 12.1 Å². The fraction of sp³-hybridized carbons (Fsp3) is 0.375. The Bertz CT molecular complexity index is 409. The maximum Gasteiger partial charge on any atom is 0.236 e. The van der Waals surface area contributed by atoms with Crippen molar-refractivity contribution in [2.75, 3.05) is 17.2 Å². The van der Waals surface area contributed by atoms with Crippen molar-refractivity contribution in [3.63, 3.8) is 0 Å². The van der Waals surface area contributed by atoms with Crippen LogP contribution < -0.4 is 10.6 Å². The predicted octanol–water partition coefficient (Wildman–Crippen LogP) is -0.394. The van der Waals surface area contributed by atoms with E-state index >= 15 is 0 Å². The molecule has 0 radical (unpaired) electrons. The number of ketones is 1. The van der Waals surface area contributed by atoms with Crippen LogP contribution in [-0.4, -0.2) is 28.4 Å². The number of aromatic amines is 1. The van der Waals surface area contributed by atoms with E-state index in [0.717, 1.165) is 0 Å². The van der Waals surface area contributed by atoms with Gasteiger partial charge in [-0.1, -0.05) is 0 Å². The molecule has 1 aliphatic rings. The van der Waals surface area contributed by atoms with E-state index < -0.39 is 0 Å². The molecule has 0 saturated carbocycles. The molecule has 1 fully saturated rings. The number of anilines is 2. The molecule has 0 aliphatic carbocycles. The van der Waals surface area contributed by atoms with Crippen molar-refractivity contribution in [2.45, 2.75) is 13.3 Å². The largest absolute Gasteiger partial charge is 0.394 e. The first kappa shape index (κ1) is 8.74. The van der Waals surface area contributed by atoms with E-state index in [1.165, 1.54) is 4.90 Å². The Morgan fingerprint density at radius 3 is 2.64 bits per heavy atom. The number of nitrogens with two attached hydrogens (primary N) is 1. The second kappa shape index (κ2) is 2.83. The number of carbonyl (C=O) groups excluding carboxylic acids is 2. The molecule has 0 bridgehead atoms. The van der Waals surface area contributed by atoms with Crippen molar-refractivity contribution in [1.29, 1.82) is 0 Å². The van der Waals surface area contributed by atoms with Gasteiger partial charge >= 0.3 is 0 Å². The summed E-state index contributed by atoms with van der Waals surface area (Å²) in [5.74, 6) is 0.0154. The third-order valence-corrected chi connectivity index (χ3v) is 2.21. The normalized spacial score (nSPS) is 16.8. The highest BCUT2D eigenvalue weighted by atomic mass is 16.2. The lowest BCUT2D eigenvalue weighted by atomic mass is 10.3. The summed E-state index contributed by atoms with van der Waals surface area (Å²) in [5, 5.41) is 6.55. The Balaban J connectivity index is 2.36. The Kier molecular flexibility index (Phi) is 1.77. The molecule has 1 saturated heterocycles. The number of aryl methyl sites for hydroxylation is 1. The molecule has 6 heteroatoms. The van der Waals surface area contributed by atoms with Crippen LogP contribution in [0, 0.1) is 6.92 Å². The maximum atomic E-state index is 11.3. The van der Waals surface area contributed by atoms with Crippen LogP contribution in [0.15, 0.2) is 0 Å². The van der Waals surface area contributed by atoms with E-state index in [-0.39, 0.29) is 24.7 Å². The highest BCUT2D eigenvalue weighted by molar-refractivity contribution is 6.15. The first-order chi connectivity index (χ1) is 6.59. The number of nitrogens with zero attached hydrogens (tertiary/aromatic N) is 2. The van der Waals surface area contributed by atoms with E-state index in [0.29, 0.717) is 17.2 Å². The van der Waals surface area contributed by atoms with E-state index in [9.17, 15) is 9.59 Å². The zero-order chi connectivity index (χ0) is 10.3. The molecular weight excluding hydrogens is 184 g/mol. The molecule has 2 rings (SSSR count). The first-order valence-corrected chi connectivity index (χ1v) is 4.22. The number of rotatable bonds is 1. The van der Waals surface area contributed by atoms with Gasteiger partial charge in [-0.2, -0.15) is 5.10 Å². The van der Waals surface area contributed by atoms with Crippen LogP contribution in [0.25, 0.3) is 0 Å². The summed E-state index contributed by atoms with van der Waals surface area (Å²) < 4.78 is 0. The number of hydrogen-bond acceptors (Lipinski definition) is 4. The average Bonchev–Trinajstić information content (AvgIpc) is 2.59. The monoisotopic (exact) mass is 194 g/mol. The lowest BCUT2D eigenvalue weighted by molar-refractivity contribution is -0.121. The number of amides is 1. The van der Waals surface area contributed by atoms with Gasteiger partial charge in [0.2, 0.25) is 5.91 Å². The molecule has 3 N–H and O–H groups in total. The highest BCUT2D eigenvalue weighted by Gasteiger charge is 2.31. The Morgan fingerprint density at radius 2 is 2.21 bits per heavy atom. The maximum absolute atomic E-state index is 11.3. The van der Waals surface area contributed by atoms with Crippen LogP contribution in [-0.2, 0) is 9.59 Å². The van der Waals surface area contributed by atoms with E-state index in [1.807, 2.05) is 0 Å². The molecule has 74 valence electrons. The Hall–Kier alpha value is -1.85. The predicted molar refractivity (Wildman–Crippen MR) is 49.7 cm³/mol. The summed E-state index contributed by atoms with van der Waals surface area (Å²) in [6.45, 7) is 1.83. The minimum absolute atomic E-state index is 0.0503. The van der Waals surface area contributed by atoms with Gasteiger partial charge in [0, 0.05) is 0 Å². The van der Waals surface area contributed by atoms with E-state index in [2.05, 4.69) is 10.2 Å². The first-order valence-electron chi connectivity index (χ1n) is 4.22. The molecule has 2 heterocycles. The fourth-order valence-corrected chi connectivity index (χ4v) is 1.41. The molecule has 1 aromatic rings. The summed E-state index contributed by atoms with van der Waals surface area (Å²) in [7, 11) is 0. The van der Waals surface area contributed by atoms with Crippen LogP contribution in [0.4, 0.5) is 11.5 Å². The smallest absolute Gasteiger partial charge is 0.236 e. The van der Waals surface area contributed by atoms with Crippen LogP contribution in [0.5, 0.6) is 0 Å². The quantitative estimate of drug-likeness (QED) is 0.595. The third-order valence-electron chi connectivity index (χ3n) is 2.21. The number of Topliss-reactive ketones (excluding diaryl/α,β-unsaturated/α-hetero) is 1. The number of aromatic nitrogens is 2. The van der Waals surface area contributed by atoms with Crippen LogP contribution >= 0.6 is 0 Å². The average molecular weight is 194 g/mol. The summed E-state index contributed by atoms with van der Waals surface area (Å²) in [6.07, 6.45) is -0.0503. The zero-order valence-corrected chi connectivity index (χ0v) is 7.70. The Morgan fingerprint density at radius 1 is 1.50 bits per heavy atom. The Labute approximate surface area is 80.1 Å². The third kappa shape index (κ3) is 1.15. The van der Waals surface area contributed by atoms with Gasteiger partial charge in [-0.05, 0) is 6.92 Å². The molecule has 14 heavy (non-hydrogen) atoms. The molecular formula is C8H10N4O2. The molecule has 0 atom stereocenters. The van der Waals surface area contributed by atoms with Gasteiger partial charge in [-0.25, -0.2) is 0 Å². The molecule has 0 spiro atoms. The van der Waals surface area contributed by atoms with E-state index in [4.69, 9.17) is 5.73 Å². The van der Waals surface area contributed by atoms with Gasteiger partial charge in [-0.15, -0.1) is 0 Å². The van der Waals surface area contributed by atoms with Crippen LogP contribution in [0.2, 0.25) is 0 Å². The SMILES string of the molecule is Cc1[nH]nc(N2CC(=O)CC2=O)c1N. The topological polar surface area (TPSA) is 92.1 Å². The van der Waals surface area contributed by atoms with Crippen molar-refractivity contribution in [1.82, 2.24) is 10.2 Å². The second-order valence-corrected chi connectivity index (χ2v) is 3.28. The summed E-state index contributed by atoms with van der Waals surface area (Å²) in [6, 6.07) is 0. The number of hydrogen-bond donors (Lipinski definition) is 2. The zero-order valence-electron chi connectivity index (χ0n) is 7.70. The van der Waals surface area contributed by atoms with Crippen molar-refractivity contribution in [3.8, 4) is 0 Å². The molecule has 1 aliphatic heterocycles. The standard InChI is InChI=1S/C8H10N4O2/c1-4-7(9)8(11-10-4)12-3-5(13)2-6(12)14/h2-3,9H2,1H3,(H,10,11). The van der Waals surface area contributed by atoms with Gasteiger partial charge in [0.25, 0.3) is 0 Å². The summed E-state index contributed by atoms with van der Waals surface area (Å²) in [4.78, 5) is 23.7. The lowest BCUT2D eigenvalue weighted by Gasteiger charge is -2.11. The number of nitrogen functional groups attached to an aromatic ring is 1. The van der Waals surface area contributed by atoms with E-state index in [1.54, 1.807) is 6.92 Å². The number of carbonyl (C=O) groups is 2. The lowest BCUT2D eigenvalue weighted by Crippen LogP contribution is -2.25. The van der Waals surface area contributed by atoms with Gasteiger partial charge in [0.15, 0.2) is 11.6 Å². The highest BCUT2D eigenvalue weighted by Crippen LogP contribution is 2.25. The van der Waals surface area contributed by atoms with Gasteiger partial charge in [0.1, 0.15) is 0 Å². The molecule has 0 aromatic carbocycles. The minimum atomic E-state index is -0.242. The molecule has 0 unspecified atom stereocenters. The number of nitrogens with one attached hydrogen (secondary N) is 1. The van der Waals surface area contributed by atoms with Crippen molar-refractivity contribution in [3.05, 3.63) is 5.69 Å². The number of H-pyrrole nitrogens is 1. The fourth-order valence-electron chi connectivity index (χ4n) is 1.41. The summed E-state index contributed by atoms with van der Waals surface area (Å²) in [5.41, 5.74) is 6.82. The van der Waals surface area contributed by atoms with Crippen molar-refractivity contribution in [2.24, 2.45) is 0 Å². The van der Waals surface area contributed by atoms with Gasteiger partial charge < -0.3 is 5.73 Å². The van der Waals surface area contributed by atoms with Crippen molar-refractivity contribution >= 4 is 23.2 Å². The minimum Gasteiger partial charge on any atom is -0.394 e. The van der Waals surface area contributed by atoms with Crippen molar-refractivity contribution < 1.29 is 9.59 Å². The van der Waals surface area contributed by atoms with Gasteiger partial charge in [0.05, 0.1) is 24.3 Å². The molecule has 6 nitrogen and oxygen atoms in total. The molecule has 1 amide bonds. The summed E-state index contributed by atoms with van der Waals surface area (Å²) >= 11 is 0. The van der Waals surface area contributed by atoms with Gasteiger partial charge in [-0.3, -0.25) is 19.6 Å². The van der Waals surface area contributed by atoms with Crippen LogP contribution in [0.3, 0.4) is 0 Å². The molecule has 1 aromatic heterocycles. The second-order valence-electron chi connectivity index (χ2n) is 3.28.